The van der Waals surface area contributed by atoms with E-state index in [0.29, 0.717) is 0 Å². The number of hydrogen-bond donors (Lipinski definition) is 1. The highest BCUT2D eigenvalue weighted by Gasteiger charge is 2.72. The van der Waals surface area contributed by atoms with Gasteiger partial charge in [0.1, 0.15) is 0 Å². The zero-order chi connectivity index (χ0) is 14.6. The van der Waals surface area contributed by atoms with Crippen molar-refractivity contribution in [3.8, 4) is 0 Å². The summed E-state index contributed by atoms with van der Waals surface area (Å²) in [6.07, 6.45) is 2.39. The van der Waals surface area contributed by atoms with E-state index >= 15 is 0 Å². The normalized spacial score (nSPS) is 30.2. The molecule has 0 aliphatic carbocycles. The van der Waals surface area contributed by atoms with E-state index in [1.165, 1.54) is 6.08 Å². The molecule has 1 saturated heterocycles. The summed E-state index contributed by atoms with van der Waals surface area (Å²) in [6, 6.07) is -1.30. The van der Waals surface area contributed by atoms with Crippen LogP contribution >= 0.6 is 0 Å². The Labute approximate surface area is 104 Å². The monoisotopic (exact) mass is 301 g/mol. The van der Waals surface area contributed by atoms with E-state index in [4.69, 9.17) is 5.11 Å². The molecule has 2 atom stereocenters. The van der Waals surface area contributed by atoms with Crippen molar-refractivity contribution in [1.82, 2.24) is 4.90 Å². The molecule has 106 valence electrons. The van der Waals surface area contributed by atoms with Gasteiger partial charge in [-0.05, 0) is 6.42 Å². The summed E-state index contributed by atoms with van der Waals surface area (Å²) < 4.78 is 62.2. The van der Waals surface area contributed by atoms with E-state index in [1.54, 1.807) is 0 Å². The van der Waals surface area contributed by atoms with Crippen LogP contribution in [-0.4, -0.2) is 47.5 Å². The molecule has 0 bridgehead atoms. The molecule has 1 unspecified atom stereocenters. The summed E-state index contributed by atoms with van der Waals surface area (Å²) in [5, 5.41) is 8.90. The molecule has 2 rings (SSSR count). The first-order valence-electron chi connectivity index (χ1n) is 4.79. The summed E-state index contributed by atoms with van der Waals surface area (Å²) in [4.78, 5) is 23.4. The molecule has 1 amide bonds. The molecular formula is C8H6F3NO6S. The Morgan fingerprint density at radius 3 is 2.58 bits per heavy atom. The molecule has 0 aromatic rings. The fourth-order valence-corrected chi connectivity index (χ4v) is 2.64. The Kier molecular flexibility index (Phi) is 2.68. The Bertz CT molecular complexity index is 582. The number of aliphatic carboxylic acids is 1. The maximum absolute atomic E-state index is 12.2. The summed E-state index contributed by atoms with van der Waals surface area (Å²) in [6.45, 7) is 0. The third-order valence-corrected chi connectivity index (χ3v) is 3.87. The molecule has 2 aliphatic rings. The van der Waals surface area contributed by atoms with Gasteiger partial charge in [-0.15, -0.1) is 0 Å². The minimum atomic E-state index is -6.19. The minimum absolute atomic E-state index is 0.106. The first-order chi connectivity index (χ1) is 8.54. The standard InChI is InChI=1S/C8H6F3NO6S/c9-8(10,11)19(16,17)18-7(6(14)15)4-2-1-3-12(4)5(7)13/h1,3-4H,2H2,(H,14,15)/t4-,7?/m0/s1. The average molecular weight is 301 g/mol. The summed E-state index contributed by atoms with van der Waals surface area (Å²) >= 11 is 0. The molecule has 0 saturated carbocycles. The fourth-order valence-electron chi connectivity index (χ4n) is 1.94. The van der Waals surface area contributed by atoms with Crippen LogP contribution in [0, 0.1) is 0 Å². The Morgan fingerprint density at radius 1 is 1.53 bits per heavy atom. The van der Waals surface area contributed by atoms with E-state index in [2.05, 4.69) is 4.18 Å². The summed E-state index contributed by atoms with van der Waals surface area (Å²) in [5.74, 6) is -3.43. The minimum Gasteiger partial charge on any atom is -0.479 e. The molecule has 0 aromatic carbocycles. The zero-order valence-electron chi connectivity index (χ0n) is 8.92. The summed E-state index contributed by atoms with van der Waals surface area (Å²) in [7, 11) is -6.19. The average Bonchev–Trinajstić information content (AvgIpc) is 2.69. The Hall–Kier alpha value is -1.62. The lowest BCUT2D eigenvalue weighted by Crippen LogP contribution is -2.76. The summed E-state index contributed by atoms with van der Waals surface area (Å²) in [5.41, 5.74) is -8.85. The number of halogens is 3. The quantitative estimate of drug-likeness (QED) is 0.335. The van der Waals surface area contributed by atoms with Crippen molar-refractivity contribution in [3.63, 3.8) is 0 Å². The predicted molar refractivity (Wildman–Crippen MR) is 50.8 cm³/mol. The second kappa shape index (κ2) is 3.70. The van der Waals surface area contributed by atoms with Gasteiger partial charge in [0.15, 0.2) is 0 Å². The van der Waals surface area contributed by atoms with Crippen LogP contribution in [0.2, 0.25) is 0 Å². The highest BCUT2D eigenvalue weighted by Crippen LogP contribution is 2.43. The van der Waals surface area contributed by atoms with Gasteiger partial charge in [-0.3, -0.25) is 4.79 Å². The smallest absolute Gasteiger partial charge is 0.479 e. The van der Waals surface area contributed by atoms with Gasteiger partial charge in [0.25, 0.3) is 11.5 Å². The highest BCUT2D eigenvalue weighted by atomic mass is 32.2. The van der Waals surface area contributed by atoms with Gasteiger partial charge in [0.05, 0.1) is 6.04 Å². The van der Waals surface area contributed by atoms with Crippen LogP contribution in [0.3, 0.4) is 0 Å². The second-order valence-electron chi connectivity index (χ2n) is 3.87. The van der Waals surface area contributed by atoms with E-state index in [9.17, 15) is 31.2 Å². The number of rotatable bonds is 3. The van der Waals surface area contributed by atoms with Crippen molar-refractivity contribution in [3.05, 3.63) is 12.3 Å². The predicted octanol–water partition coefficient (Wildman–Crippen LogP) is -0.196. The number of carboxylic acid groups (broad SMARTS) is 1. The molecule has 7 nitrogen and oxygen atoms in total. The maximum Gasteiger partial charge on any atom is 0.523 e. The van der Waals surface area contributed by atoms with Gasteiger partial charge in [-0.1, -0.05) is 6.08 Å². The Morgan fingerprint density at radius 2 is 2.11 bits per heavy atom. The highest BCUT2D eigenvalue weighted by molar-refractivity contribution is 7.87. The van der Waals surface area contributed by atoms with Crippen LogP contribution in [0.4, 0.5) is 13.2 Å². The molecule has 11 heteroatoms. The molecule has 0 radical (unpaired) electrons. The number of nitrogens with zero attached hydrogens (tertiary/aromatic N) is 1. The first kappa shape index (κ1) is 13.8. The number of amides is 1. The number of carboxylic acids is 1. The van der Waals surface area contributed by atoms with Gasteiger partial charge in [-0.25, -0.2) is 8.98 Å². The topological polar surface area (TPSA) is 101 Å². The number of alkyl halides is 3. The van der Waals surface area contributed by atoms with Crippen LogP contribution in [-0.2, 0) is 23.9 Å². The van der Waals surface area contributed by atoms with Crippen molar-refractivity contribution in [2.24, 2.45) is 0 Å². The number of β-lactam (4-membered cyclic amide) rings is 1. The van der Waals surface area contributed by atoms with E-state index in [-0.39, 0.29) is 6.42 Å². The lowest BCUT2D eigenvalue weighted by atomic mass is 9.83. The second-order valence-corrected chi connectivity index (χ2v) is 5.41. The van der Waals surface area contributed by atoms with Gasteiger partial charge in [0.2, 0.25) is 0 Å². The Balaban J connectivity index is 2.40. The zero-order valence-corrected chi connectivity index (χ0v) is 9.73. The van der Waals surface area contributed by atoms with Crippen LogP contribution < -0.4 is 0 Å². The van der Waals surface area contributed by atoms with Gasteiger partial charge < -0.3 is 10.0 Å². The number of hydrogen-bond acceptors (Lipinski definition) is 5. The fraction of sp³-hybridized carbons (Fsp3) is 0.500. The number of carbonyl (C=O) groups is 2. The molecular weight excluding hydrogens is 295 g/mol. The molecule has 1 fully saturated rings. The molecule has 19 heavy (non-hydrogen) atoms. The lowest BCUT2D eigenvalue weighted by Gasteiger charge is -2.47. The van der Waals surface area contributed by atoms with Crippen molar-refractivity contribution >= 4 is 22.0 Å². The SMILES string of the molecule is O=C(O)C1(OS(=O)(=O)C(F)(F)F)C(=O)N2C=CC[C@H]21. The lowest BCUT2D eigenvalue weighted by molar-refractivity contribution is -0.192. The van der Waals surface area contributed by atoms with Crippen LogP contribution in [0.5, 0.6) is 0 Å². The maximum atomic E-state index is 12.2. The van der Waals surface area contributed by atoms with Crippen molar-refractivity contribution in [2.75, 3.05) is 0 Å². The van der Waals surface area contributed by atoms with E-state index in [0.717, 1.165) is 11.1 Å². The van der Waals surface area contributed by atoms with E-state index in [1.807, 2.05) is 0 Å². The van der Waals surface area contributed by atoms with Crippen LogP contribution in [0.1, 0.15) is 6.42 Å². The molecule has 2 aliphatic heterocycles. The van der Waals surface area contributed by atoms with Crippen molar-refractivity contribution in [2.45, 2.75) is 23.6 Å². The number of carbonyl (C=O) groups excluding carboxylic acids is 1. The van der Waals surface area contributed by atoms with Crippen molar-refractivity contribution < 1.29 is 40.5 Å². The van der Waals surface area contributed by atoms with Gasteiger partial charge in [0, 0.05) is 6.20 Å². The largest absolute Gasteiger partial charge is 0.523 e. The molecule has 0 spiro atoms. The van der Waals surface area contributed by atoms with Crippen LogP contribution in [0.25, 0.3) is 0 Å². The van der Waals surface area contributed by atoms with Gasteiger partial charge >= 0.3 is 21.6 Å². The van der Waals surface area contributed by atoms with Crippen LogP contribution in [0.15, 0.2) is 12.3 Å². The first-order valence-corrected chi connectivity index (χ1v) is 6.19. The number of fused-ring (bicyclic) bond motifs is 1. The molecule has 1 N–H and O–H groups in total. The van der Waals surface area contributed by atoms with E-state index < -0.39 is 39.1 Å². The molecule has 2 heterocycles. The van der Waals surface area contributed by atoms with Crippen molar-refractivity contribution in [1.29, 1.82) is 0 Å². The molecule has 0 aromatic heterocycles. The van der Waals surface area contributed by atoms with Gasteiger partial charge in [-0.2, -0.15) is 21.6 Å². The third-order valence-electron chi connectivity index (χ3n) is 2.82. The third kappa shape index (κ3) is 1.64.